The van der Waals surface area contributed by atoms with Crippen LogP contribution in [0, 0.1) is 0 Å². The summed E-state index contributed by atoms with van der Waals surface area (Å²) >= 11 is 0. The first-order valence-corrected chi connectivity index (χ1v) is 7.70. The van der Waals surface area contributed by atoms with Gasteiger partial charge in [0.2, 0.25) is 5.95 Å². The smallest absolute Gasteiger partial charge is 0.252 e. The minimum absolute atomic E-state index is 0.0650. The number of hydrogen-bond acceptors (Lipinski definition) is 5. The molecule has 21 heavy (non-hydrogen) atoms. The molecule has 0 unspecified atom stereocenters. The third-order valence-electron chi connectivity index (χ3n) is 3.61. The first-order valence-electron chi connectivity index (χ1n) is 7.70. The van der Waals surface area contributed by atoms with Gasteiger partial charge in [0.05, 0.1) is 0 Å². The summed E-state index contributed by atoms with van der Waals surface area (Å²) < 4.78 is 6.92. The number of carbonyl (C=O) groups is 1. The molecule has 1 aromatic heterocycles. The van der Waals surface area contributed by atoms with E-state index >= 15 is 0 Å². The number of aryl methyl sites for hydroxylation is 1. The van der Waals surface area contributed by atoms with Crippen molar-refractivity contribution in [2.24, 2.45) is 7.05 Å². The van der Waals surface area contributed by atoms with E-state index < -0.39 is 0 Å². The Bertz CT molecular complexity index is 454. The molecule has 1 aliphatic heterocycles. The van der Waals surface area contributed by atoms with Gasteiger partial charge in [-0.15, -0.1) is 0 Å². The highest BCUT2D eigenvalue weighted by Gasteiger charge is 2.21. The van der Waals surface area contributed by atoms with Crippen LogP contribution in [-0.4, -0.2) is 47.0 Å². The van der Waals surface area contributed by atoms with Crippen LogP contribution < -0.4 is 10.6 Å². The van der Waals surface area contributed by atoms with Crippen LogP contribution in [-0.2, 0) is 16.6 Å². The lowest BCUT2D eigenvalue weighted by molar-refractivity contribution is -0.120. The lowest BCUT2D eigenvalue weighted by atomic mass is 9.98. The van der Waals surface area contributed by atoms with Crippen molar-refractivity contribution in [3.05, 3.63) is 5.82 Å². The van der Waals surface area contributed by atoms with E-state index in [9.17, 15) is 4.79 Å². The molecule has 1 aliphatic rings. The van der Waals surface area contributed by atoms with Crippen LogP contribution in [0.3, 0.4) is 0 Å². The van der Waals surface area contributed by atoms with Crippen LogP contribution >= 0.6 is 0 Å². The number of unbranched alkanes of at least 4 members (excludes halogenated alkanes) is 1. The molecule has 2 N–H and O–H groups in total. The third kappa shape index (κ3) is 4.78. The molecule has 0 aliphatic carbocycles. The van der Waals surface area contributed by atoms with Gasteiger partial charge in [-0.05, 0) is 32.4 Å². The molecule has 0 aromatic carbocycles. The average molecular weight is 295 g/mol. The van der Waals surface area contributed by atoms with E-state index in [1.807, 2.05) is 0 Å². The number of amides is 1. The Kier molecular flexibility index (Phi) is 6.13. The monoisotopic (exact) mass is 295 g/mol. The van der Waals surface area contributed by atoms with E-state index in [1.165, 1.54) is 0 Å². The highest BCUT2D eigenvalue weighted by molar-refractivity contribution is 5.90. The molecule has 7 heteroatoms. The van der Waals surface area contributed by atoms with Gasteiger partial charge in [-0.3, -0.25) is 10.1 Å². The Morgan fingerprint density at radius 3 is 2.95 bits per heavy atom. The fraction of sp³-hybridized carbons (Fsp3) is 0.786. The van der Waals surface area contributed by atoms with Crippen LogP contribution in [0.2, 0.25) is 0 Å². The summed E-state index contributed by atoms with van der Waals surface area (Å²) in [6.07, 6.45) is 4.11. The van der Waals surface area contributed by atoms with Crippen molar-refractivity contribution >= 4 is 11.9 Å². The minimum atomic E-state index is -0.182. The summed E-state index contributed by atoms with van der Waals surface area (Å²) in [5.74, 6) is 1.51. The maximum Gasteiger partial charge on any atom is 0.252 e. The second-order valence-corrected chi connectivity index (χ2v) is 5.40. The van der Waals surface area contributed by atoms with Crippen molar-refractivity contribution in [3.8, 4) is 0 Å². The van der Waals surface area contributed by atoms with Gasteiger partial charge in [-0.25, -0.2) is 4.68 Å². The van der Waals surface area contributed by atoms with Crippen LogP contribution in [0.15, 0.2) is 0 Å². The number of carbonyl (C=O) groups excluding carboxylic acids is 1. The molecular weight excluding hydrogens is 270 g/mol. The first-order chi connectivity index (χ1) is 10.2. The molecule has 1 aromatic rings. The minimum Gasteiger partial charge on any atom is -0.372 e. The van der Waals surface area contributed by atoms with Crippen molar-refractivity contribution < 1.29 is 9.53 Å². The molecule has 0 radical (unpaired) electrons. The van der Waals surface area contributed by atoms with Gasteiger partial charge in [0, 0.05) is 19.6 Å². The van der Waals surface area contributed by atoms with Gasteiger partial charge in [0.1, 0.15) is 6.61 Å². The molecule has 2 heterocycles. The quantitative estimate of drug-likeness (QED) is 0.735. The Balaban J connectivity index is 1.85. The van der Waals surface area contributed by atoms with E-state index in [2.05, 4.69) is 27.6 Å². The second-order valence-electron chi connectivity index (χ2n) is 5.40. The lowest BCUT2D eigenvalue weighted by Gasteiger charge is -2.19. The van der Waals surface area contributed by atoms with Crippen molar-refractivity contribution in [3.63, 3.8) is 0 Å². The molecule has 2 rings (SSSR count). The number of anilines is 1. The lowest BCUT2D eigenvalue weighted by Crippen LogP contribution is -2.27. The molecule has 7 nitrogen and oxygen atoms in total. The summed E-state index contributed by atoms with van der Waals surface area (Å²) in [6, 6.07) is 0. The normalized spacial score (nSPS) is 16.1. The van der Waals surface area contributed by atoms with E-state index in [0.717, 1.165) is 44.6 Å². The Hall–Kier alpha value is -1.47. The Morgan fingerprint density at radius 2 is 2.24 bits per heavy atom. The zero-order valence-electron chi connectivity index (χ0n) is 12.9. The number of nitrogens with zero attached hydrogens (tertiary/aromatic N) is 3. The van der Waals surface area contributed by atoms with Gasteiger partial charge in [-0.1, -0.05) is 13.3 Å². The highest BCUT2D eigenvalue weighted by atomic mass is 16.5. The number of aromatic nitrogens is 3. The Labute approximate surface area is 125 Å². The first kappa shape index (κ1) is 15.9. The number of ether oxygens (including phenoxy) is 1. The number of hydrogen-bond donors (Lipinski definition) is 2. The predicted molar refractivity (Wildman–Crippen MR) is 80.2 cm³/mol. The molecule has 0 bridgehead atoms. The standard InChI is InChI=1S/C14H25N5O2/c1-3-4-9-21-10-12(20)16-14-17-13(18-19(14)2)11-5-7-15-8-6-11/h11,15H,3-10H2,1-2H3,(H,16,17,18,20). The van der Waals surface area contributed by atoms with Gasteiger partial charge < -0.3 is 10.1 Å². The van der Waals surface area contributed by atoms with Crippen LogP contribution in [0.4, 0.5) is 5.95 Å². The fourth-order valence-electron chi connectivity index (χ4n) is 2.34. The van der Waals surface area contributed by atoms with Crippen LogP contribution in [0.1, 0.15) is 44.3 Å². The van der Waals surface area contributed by atoms with E-state index in [0.29, 0.717) is 18.5 Å². The molecule has 1 saturated heterocycles. The van der Waals surface area contributed by atoms with Crippen molar-refractivity contribution in [1.82, 2.24) is 20.1 Å². The van der Waals surface area contributed by atoms with Crippen LogP contribution in [0.5, 0.6) is 0 Å². The second kappa shape index (κ2) is 8.09. The molecule has 0 atom stereocenters. The third-order valence-corrected chi connectivity index (χ3v) is 3.61. The van der Waals surface area contributed by atoms with Gasteiger partial charge in [0.15, 0.2) is 5.82 Å². The highest BCUT2D eigenvalue weighted by Crippen LogP contribution is 2.23. The maximum atomic E-state index is 11.8. The topological polar surface area (TPSA) is 81.1 Å². The predicted octanol–water partition coefficient (Wildman–Crippen LogP) is 1.04. The van der Waals surface area contributed by atoms with E-state index in [1.54, 1.807) is 11.7 Å². The number of rotatable bonds is 7. The summed E-state index contributed by atoms with van der Waals surface area (Å²) in [7, 11) is 1.80. The average Bonchev–Trinajstić information content (AvgIpc) is 2.86. The van der Waals surface area contributed by atoms with E-state index in [-0.39, 0.29) is 12.5 Å². The summed E-state index contributed by atoms with van der Waals surface area (Å²) in [6.45, 7) is 4.76. The van der Waals surface area contributed by atoms with Gasteiger partial charge in [0.25, 0.3) is 5.91 Å². The molecule has 1 fully saturated rings. The molecule has 0 saturated carbocycles. The van der Waals surface area contributed by atoms with Gasteiger partial charge in [-0.2, -0.15) is 10.1 Å². The van der Waals surface area contributed by atoms with Crippen LogP contribution in [0.25, 0.3) is 0 Å². The molecular formula is C14H25N5O2. The maximum absolute atomic E-state index is 11.8. The number of nitrogens with one attached hydrogen (secondary N) is 2. The Morgan fingerprint density at radius 1 is 1.48 bits per heavy atom. The number of piperidine rings is 1. The summed E-state index contributed by atoms with van der Waals surface area (Å²) in [5, 5.41) is 10.5. The van der Waals surface area contributed by atoms with E-state index in [4.69, 9.17) is 4.74 Å². The molecule has 118 valence electrons. The van der Waals surface area contributed by atoms with Crippen molar-refractivity contribution in [1.29, 1.82) is 0 Å². The van der Waals surface area contributed by atoms with Gasteiger partial charge >= 0.3 is 0 Å². The zero-order chi connectivity index (χ0) is 15.1. The fourth-order valence-corrected chi connectivity index (χ4v) is 2.34. The summed E-state index contributed by atoms with van der Waals surface area (Å²) in [4.78, 5) is 16.2. The van der Waals surface area contributed by atoms with Crippen molar-refractivity contribution in [2.75, 3.05) is 31.6 Å². The summed E-state index contributed by atoms with van der Waals surface area (Å²) in [5.41, 5.74) is 0. The SMILES string of the molecule is CCCCOCC(=O)Nc1nc(C2CCNCC2)nn1C. The van der Waals surface area contributed by atoms with Crippen molar-refractivity contribution in [2.45, 2.75) is 38.5 Å². The molecule has 0 spiro atoms. The zero-order valence-corrected chi connectivity index (χ0v) is 12.9. The molecule has 1 amide bonds. The largest absolute Gasteiger partial charge is 0.372 e.